The number of rotatable bonds is 7. The van der Waals surface area contributed by atoms with Crippen LogP contribution in [0.25, 0.3) is 0 Å². The van der Waals surface area contributed by atoms with Crippen LogP contribution in [0.4, 0.5) is 0 Å². The molecule has 17 heavy (non-hydrogen) atoms. The number of likely N-dealkylation sites (tertiary alicyclic amines) is 1. The maximum Gasteiger partial charge on any atom is 0.0502 e. The number of methoxy groups -OCH3 is 1. The van der Waals surface area contributed by atoms with Crippen molar-refractivity contribution in [3.63, 3.8) is 0 Å². The van der Waals surface area contributed by atoms with E-state index >= 15 is 0 Å². The minimum atomic E-state index is 0.328. The Kier molecular flexibility index (Phi) is 6.45. The number of nitrogens with zero attached hydrogens (tertiary/aromatic N) is 1. The second-order valence-corrected chi connectivity index (χ2v) is 5.61. The molecule has 0 amide bonds. The minimum Gasteiger partial charge on any atom is -0.384 e. The third kappa shape index (κ3) is 4.23. The second kappa shape index (κ2) is 7.34. The molecule has 1 unspecified atom stereocenters. The first-order valence-electron chi connectivity index (χ1n) is 7.11. The molecule has 0 radical (unpaired) electrons. The maximum atomic E-state index is 5.99. The van der Waals surface area contributed by atoms with Crippen LogP contribution < -0.4 is 5.73 Å². The molecule has 1 heterocycles. The van der Waals surface area contributed by atoms with Gasteiger partial charge in [-0.3, -0.25) is 0 Å². The second-order valence-electron chi connectivity index (χ2n) is 5.61. The highest BCUT2D eigenvalue weighted by atomic mass is 16.5. The molecular weight excluding hydrogens is 212 g/mol. The predicted molar refractivity (Wildman–Crippen MR) is 73.1 cm³/mol. The molecule has 0 bridgehead atoms. The van der Waals surface area contributed by atoms with Gasteiger partial charge in [0, 0.05) is 20.2 Å². The van der Waals surface area contributed by atoms with Gasteiger partial charge in [-0.15, -0.1) is 0 Å². The summed E-state index contributed by atoms with van der Waals surface area (Å²) in [5.41, 5.74) is 6.32. The SMILES string of the molecule is CCC(CC)(CN)CN1CCCC(COC)C1. The predicted octanol–water partition coefficient (Wildman–Crippen LogP) is 2.11. The Morgan fingerprint density at radius 3 is 2.59 bits per heavy atom. The topological polar surface area (TPSA) is 38.5 Å². The standard InChI is InChI=1S/C14H30N2O/c1-4-14(5-2,11-15)12-16-8-6-7-13(9-16)10-17-3/h13H,4-12,15H2,1-3H3. The summed E-state index contributed by atoms with van der Waals surface area (Å²) in [4.78, 5) is 2.60. The Morgan fingerprint density at radius 2 is 2.06 bits per heavy atom. The van der Waals surface area contributed by atoms with E-state index in [1.54, 1.807) is 7.11 Å². The fourth-order valence-electron chi connectivity index (χ4n) is 2.97. The van der Waals surface area contributed by atoms with Gasteiger partial charge in [-0.05, 0) is 50.1 Å². The molecule has 102 valence electrons. The molecule has 0 aliphatic carbocycles. The summed E-state index contributed by atoms with van der Waals surface area (Å²) in [5, 5.41) is 0. The first-order chi connectivity index (χ1) is 8.19. The van der Waals surface area contributed by atoms with Gasteiger partial charge in [-0.1, -0.05) is 13.8 Å². The van der Waals surface area contributed by atoms with Crippen LogP contribution in [-0.2, 0) is 4.74 Å². The van der Waals surface area contributed by atoms with E-state index in [9.17, 15) is 0 Å². The highest BCUT2D eigenvalue weighted by Gasteiger charge is 2.29. The summed E-state index contributed by atoms with van der Waals surface area (Å²) in [5.74, 6) is 0.720. The quantitative estimate of drug-likeness (QED) is 0.743. The van der Waals surface area contributed by atoms with Gasteiger partial charge in [0.2, 0.25) is 0 Å². The van der Waals surface area contributed by atoms with Crippen molar-refractivity contribution >= 4 is 0 Å². The molecule has 1 fully saturated rings. The third-order valence-corrected chi connectivity index (χ3v) is 4.50. The van der Waals surface area contributed by atoms with Gasteiger partial charge in [0.05, 0.1) is 6.61 Å². The maximum absolute atomic E-state index is 5.99. The highest BCUT2D eigenvalue weighted by Crippen LogP contribution is 2.28. The number of hydrogen-bond donors (Lipinski definition) is 1. The highest BCUT2D eigenvalue weighted by molar-refractivity contribution is 4.84. The van der Waals surface area contributed by atoms with Gasteiger partial charge in [0.1, 0.15) is 0 Å². The summed E-state index contributed by atoms with van der Waals surface area (Å²) in [6.45, 7) is 9.85. The summed E-state index contributed by atoms with van der Waals surface area (Å²) in [6, 6.07) is 0. The van der Waals surface area contributed by atoms with Crippen LogP contribution in [0.5, 0.6) is 0 Å². The van der Waals surface area contributed by atoms with E-state index in [2.05, 4.69) is 18.7 Å². The number of hydrogen-bond acceptors (Lipinski definition) is 3. The van der Waals surface area contributed by atoms with Gasteiger partial charge in [-0.25, -0.2) is 0 Å². The molecule has 1 atom stereocenters. The zero-order chi connectivity index (χ0) is 12.7. The number of nitrogens with two attached hydrogens (primary N) is 1. The summed E-state index contributed by atoms with van der Waals surface area (Å²) in [7, 11) is 1.81. The van der Waals surface area contributed by atoms with Gasteiger partial charge in [-0.2, -0.15) is 0 Å². The molecule has 0 aromatic rings. The average Bonchev–Trinajstić information content (AvgIpc) is 2.37. The molecular formula is C14H30N2O. The lowest BCUT2D eigenvalue weighted by Gasteiger charge is -2.40. The van der Waals surface area contributed by atoms with Crippen LogP contribution in [0.2, 0.25) is 0 Å². The van der Waals surface area contributed by atoms with E-state index in [0.717, 1.165) is 25.6 Å². The van der Waals surface area contributed by atoms with Crippen molar-refractivity contribution in [2.24, 2.45) is 17.1 Å². The molecule has 0 aromatic heterocycles. The molecule has 1 rings (SSSR count). The Balaban J connectivity index is 2.49. The molecule has 1 saturated heterocycles. The Bertz CT molecular complexity index is 194. The largest absolute Gasteiger partial charge is 0.384 e. The van der Waals surface area contributed by atoms with Gasteiger partial charge in [0.15, 0.2) is 0 Å². The Hall–Kier alpha value is -0.120. The van der Waals surface area contributed by atoms with Crippen molar-refractivity contribution in [2.45, 2.75) is 39.5 Å². The van der Waals surface area contributed by atoms with Gasteiger partial charge >= 0.3 is 0 Å². The lowest BCUT2D eigenvalue weighted by molar-refractivity contribution is 0.0615. The molecule has 3 heteroatoms. The minimum absolute atomic E-state index is 0.328. The van der Waals surface area contributed by atoms with E-state index in [0.29, 0.717) is 5.41 Å². The van der Waals surface area contributed by atoms with Crippen LogP contribution >= 0.6 is 0 Å². The van der Waals surface area contributed by atoms with E-state index in [-0.39, 0.29) is 0 Å². The molecule has 2 N–H and O–H groups in total. The van der Waals surface area contributed by atoms with Crippen molar-refractivity contribution in [1.82, 2.24) is 4.90 Å². The first-order valence-corrected chi connectivity index (χ1v) is 7.11. The number of ether oxygens (including phenoxy) is 1. The number of piperidine rings is 1. The normalized spacial score (nSPS) is 22.9. The molecule has 1 aliphatic rings. The van der Waals surface area contributed by atoms with Crippen molar-refractivity contribution in [3.8, 4) is 0 Å². The average molecular weight is 242 g/mol. The fraction of sp³-hybridized carbons (Fsp3) is 1.00. The van der Waals surface area contributed by atoms with Crippen molar-refractivity contribution in [3.05, 3.63) is 0 Å². The first kappa shape index (κ1) is 14.9. The van der Waals surface area contributed by atoms with Gasteiger partial charge in [0.25, 0.3) is 0 Å². The van der Waals surface area contributed by atoms with Crippen LogP contribution in [0, 0.1) is 11.3 Å². The van der Waals surface area contributed by atoms with Crippen molar-refractivity contribution in [2.75, 3.05) is 39.9 Å². The zero-order valence-electron chi connectivity index (χ0n) is 11.9. The van der Waals surface area contributed by atoms with Crippen LogP contribution in [-0.4, -0.2) is 44.8 Å². The molecule has 1 aliphatic heterocycles. The van der Waals surface area contributed by atoms with Crippen molar-refractivity contribution < 1.29 is 4.74 Å². The van der Waals surface area contributed by atoms with Crippen LogP contribution in [0.15, 0.2) is 0 Å². The Labute approximate surface area is 107 Å². The zero-order valence-corrected chi connectivity index (χ0v) is 11.9. The van der Waals surface area contributed by atoms with E-state index < -0.39 is 0 Å². The fourth-order valence-corrected chi connectivity index (χ4v) is 2.97. The van der Waals surface area contributed by atoms with E-state index in [4.69, 9.17) is 10.5 Å². The summed E-state index contributed by atoms with van der Waals surface area (Å²) >= 11 is 0. The summed E-state index contributed by atoms with van der Waals surface area (Å²) in [6.07, 6.45) is 5.00. The summed E-state index contributed by atoms with van der Waals surface area (Å²) < 4.78 is 5.29. The van der Waals surface area contributed by atoms with Crippen LogP contribution in [0.3, 0.4) is 0 Å². The smallest absolute Gasteiger partial charge is 0.0502 e. The lowest BCUT2D eigenvalue weighted by Crippen LogP contribution is -2.46. The van der Waals surface area contributed by atoms with Crippen LogP contribution in [0.1, 0.15) is 39.5 Å². The van der Waals surface area contributed by atoms with Crippen molar-refractivity contribution in [1.29, 1.82) is 0 Å². The molecule has 0 aromatic carbocycles. The molecule has 0 saturated carbocycles. The molecule has 3 nitrogen and oxygen atoms in total. The Morgan fingerprint density at radius 1 is 1.35 bits per heavy atom. The molecule has 0 spiro atoms. The van der Waals surface area contributed by atoms with Gasteiger partial charge < -0.3 is 15.4 Å². The monoisotopic (exact) mass is 242 g/mol. The van der Waals surface area contributed by atoms with E-state index in [1.807, 2.05) is 0 Å². The van der Waals surface area contributed by atoms with E-state index in [1.165, 1.54) is 38.8 Å². The lowest BCUT2D eigenvalue weighted by atomic mass is 9.81. The third-order valence-electron chi connectivity index (χ3n) is 4.50.